The molecule has 0 saturated carbocycles. The molecule has 0 unspecified atom stereocenters. The lowest BCUT2D eigenvalue weighted by Gasteiger charge is -2.32. The Balaban J connectivity index is 1.66. The summed E-state index contributed by atoms with van der Waals surface area (Å²) in [6.07, 6.45) is 0. The van der Waals surface area contributed by atoms with E-state index in [0.717, 1.165) is 33.0 Å². The maximum atomic E-state index is 6.31. The fraction of sp³-hybridized carbons (Fsp3) is 0.250. The van der Waals surface area contributed by atoms with Crippen molar-refractivity contribution < 1.29 is 13.7 Å². The molecule has 3 aromatic carbocycles. The summed E-state index contributed by atoms with van der Waals surface area (Å²) in [6.45, 7) is 8.30. The molecular weight excluding hydrogens is 347 g/mol. The molecule has 5 rings (SSSR count). The molecule has 3 nitrogen and oxygen atoms in total. The average Bonchev–Trinajstić information content (AvgIpc) is 3.15. The Kier molecular flexibility index (Phi) is 3.74. The van der Waals surface area contributed by atoms with E-state index >= 15 is 0 Å². The Morgan fingerprint density at radius 2 is 1.39 bits per heavy atom. The standard InChI is InChI=1S/C24H23BO3/c1-23(2)24(3,4)28-25(27-23)19-11-8-12-20-22(19)18-14-13-17(15-21(18)26-20)16-9-6-5-7-10-16/h5-15H,1-4H3. The highest BCUT2D eigenvalue weighted by Gasteiger charge is 2.52. The van der Waals surface area contributed by atoms with Crippen LogP contribution in [0, 0.1) is 0 Å². The van der Waals surface area contributed by atoms with Gasteiger partial charge in [-0.1, -0.05) is 48.5 Å². The summed E-state index contributed by atoms with van der Waals surface area (Å²) < 4.78 is 18.8. The summed E-state index contributed by atoms with van der Waals surface area (Å²) >= 11 is 0. The average molecular weight is 370 g/mol. The van der Waals surface area contributed by atoms with Crippen LogP contribution in [-0.2, 0) is 9.31 Å². The second-order valence-corrected chi connectivity index (χ2v) is 8.49. The third-order valence-corrected chi connectivity index (χ3v) is 6.14. The summed E-state index contributed by atoms with van der Waals surface area (Å²) in [5.74, 6) is 0. The normalized spacial score (nSPS) is 18.2. The van der Waals surface area contributed by atoms with E-state index in [1.54, 1.807) is 0 Å². The van der Waals surface area contributed by atoms with Crippen LogP contribution in [-0.4, -0.2) is 18.3 Å². The van der Waals surface area contributed by atoms with Gasteiger partial charge in [0.15, 0.2) is 0 Å². The summed E-state index contributed by atoms with van der Waals surface area (Å²) in [5.41, 5.74) is 4.31. The Morgan fingerprint density at radius 3 is 2.11 bits per heavy atom. The van der Waals surface area contributed by atoms with Crippen LogP contribution in [0.15, 0.2) is 71.1 Å². The molecule has 140 valence electrons. The van der Waals surface area contributed by atoms with Crippen molar-refractivity contribution in [2.24, 2.45) is 0 Å². The quantitative estimate of drug-likeness (QED) is 0.434. The van der Waals surface area contributed by atoms with E-state index in [4.69, 9.17) is 13.7 Å². The van der Waals surface area contributed by atoms with E-state index in [0.29, 0.717) is 0 Å². The minimum Gasteiger partial charge on any atom is -0.456 e. The Bertz CT molecular complexity index is 1160. The predicted octanol–water partition coefficient (Wildman–Crippen LogP) is 5.55. The van der Waals surface area contributed by atoms with Gasteiger partial charge in [0.25, 0.3) is 0 Å². The molecule has 1 fully saturated rings. The molecule has 0 bridgehead atoms. The number of hydrogen-bond acceptors (Lipinski definition) is 3. The smallest absolute Gasteiger partial charge is 0.456 e. The highest BCUT2D eigenvalue weighted by Crippen LogP contribution is 2.38. The van der Waals surface area contributed by atoms with Gasteiger partial charge < -0.3 is 13.7 Å². The lowest BCUT2D eigenvalue weighted by molar-refractivity contribution is 0.00578. The molecule has 4 heteroatoms. The molecule has 4 aromatic rings. The number of rotatable bonds is 2. The minimum atomic E-state index is -0.414. The fourth-order valence-corrected chi connectivity index (χ4v) is 3.83. The van der Waals surface area contributed by atoms with Gasteiger partial charge in [-0.3, -0.25) is 0 Å². The lowest BCUT2D eigenvalue weighted by atomic mass is 9.76. The highest BCUT2D eigenvalue weighted by molar-refractivity contribution is 6.66. The lowest BCUT2D eigenvalue weighted by Crippen LogP contribution is -2.41. The van der Waals surface area contributed by atoms with Crippen LogP contribution >= 0.6 is 0 Å². The highest BCUT2D eigenvalue weighted by atomic mass is 16.7. The van der Waals surface area contributed by atoms with Gasteiger partial charge in [0.2, 0.25) is 0 Å². The fourth-order valence-electron chi connectivity index (χ4n) is 3.83. The first kappa shape index (κ1) is 17.5. The van der Waals surface area contributed by atoms with E-state index < -0.39 is 7.12 Å². The minimum absolute atomic E-state index is 0.375. The van der Waals surface area contributed by atoms with Gasteiger partial charge in [0.1, 0.15) is 11.2 Å². The van der Waals surface area contributed by atoms with Gasteiger partial charge in [-0.25, -0.2) is 0 Å². The number of furan rings is 1. The van der Waals surface area contributed by atoms with Crippen LogP contribution in [0.5, 0.6) is 0 Å². The number of hydrogen-bond donors (Lipinski definition) is 0. The summed E-state index contributed by atoms with van der Waals surface area (Å²) in [4.78, 5) is 0. The molecule has 0 atom stereocenters. The third kappa shape index (κ3) is 2.60. The van der Waals surface area contributed by atoms with E-state index in [-0.39, 0.29) is 11.2 Å². The maximum absolute atomic E-state index is 6.31. The second-order valence-electron chi connectivity index (χ2n) is 8.49. The molecule has 0 N–H and O–H groups in total. The van der Waals surface area contributed by atoms with Gasteiger partial charge in [0.05, 0.1) is 11.2 Å². The van der Waals surface area contributed by atoms with Crippen LogP contribution in [0.4, 0.5) is 0 Å². The number of benzene rings is 3. The molecule has 1 aliphatic rings. The maximum Gasteiger partial charge on any atom is 0.495 e. The van der Waals surface area contributed by atoms with Gasteiger partial charge in [0, 0.05) is 10.8 Å². The molecule has 0 radical (unpaired) electrons. The zero-order valence-corrected chi connectivity index (χ0v) is 16.7. The SMILES string of the molecule is CC1(C)OB(c2cccc3oc4cc(-c5ccccc5)ccc4c23)OC1(C)C. The molecule has 1 aromatic heterocycles. The van der Waals surface area contributed by atoms with Crippen LogP contribution in [0.2, 0.25) is 0 Å². The topological polar surface area (TPSA) is 31.6 Å². The van der Waals surface area contributed by atoms with Crippen LogP contribution in [0.25, 0.3) is 33.1 Å². The molecule has 0 amide bonds. The molecule has 28 heavy (non-hydrogen) atoms. The second kappa shape index (κ2) is 5.97. The van der Waals surface area contributed by atoms with Crippen LogP contribution < -0.4 is 5.46 Å². The van der Waals surface area contributed by atoms with Crippen molar-refractivity contribution in [2.75, 3.05) is 0 Å². The van der Waals surface area contributed by atoms with Gasteiger partial charge in [-0.05, 0) is 62.5 Å². The first-order valence-electron chi connectivity index (χ1n) is 9.72. The van der Waals surface area contributed by atoms with Gasteiger partial charge >= 0.3 is 7.12 Å². The molecule has 2 heterocycles. The van der Waals surface area contributed by atoms with Crippen molar-refractivity contribution in [1.82, 2.24) is 0 Å². The van der Waals surface area contributed by atoms with E-state index in [1.165, 1.54) is 5.56 Å². The van der Waals surface area contributed by atoms with Crippen molar-refractivity contribution in [3.05, 3.63) is 66.7 Å². The monoisotopic (exact) mass is 370 g/mol. The zero-order valence-electron chi connectivity index (χ0n) is 16.7. The summed E-state index contributed by atoms with van der Waals surface area (Å²) in [7, 11) is -0.414. The van der Waals surface area contributed by atoms with Crippen molar-refractivity contribution in [3.63, 3.8) is 0 Å². The van der Waals surface area contributed by atoms with Crippen molar-refractivity contribution in [1.29, 1.82) is 0 Å². The van der Waals surface area contributed by atoms with Crippen molar-refractivity contribution in [2.45, 2.75) is 38.9 Å². The van der Waals surface area contributed by atoms with E-state index in [2.05, 4.69) is 76.2 Å². The molecule has 1 aliphatic heterocycles. The van der Waals surface area contributed by atoms with Crippen molar-refractivity contribution in [3.8, 4) is 11.1 Å². The third-order valence-electron chi connectivity index (χ3n) is 6.14. The molecule has 1 saturated heterocycles. The van der Waals surface area contributed by atoms with E-state index in [1.807, 2.05) is 18.2 Å². The van der Waals surface area contributed by atoms with Crippen LogP contribution in [0.1, 0.15) is 27.7 Å². The molecule has 0 aliphatic carbocycles. The Hall–Kier alpha value is -2.56. The van der Waals surface area contributed by atoms with Gasteiger partial charge in [-0.15, -0.1) is 0 Å². The number of fused-ring (bicyclic) bond motifs is 3. The largest absolute Gasteiger partial charge is 0.495 e. The van der Waals surface area contributed by atoms with Crippen LogP contribution in [0.3, 0.4) is 0 Å². The molecular formula is C24H23BO3. The van der Waals surface area contributed by atoms with E-state index in [9.17, 15) is 0 Å². The Morgan fingerprint density at radius 1 is 0.679 bits per heavy atom. The van der Waals surface area contributed by atoms with Gasteiger partial charge in [-0.2, -0.15) is 0 Å². The van der Waals surface area contributed by atoms with Crippen molar-refractivity contribution >= 4 is 34.5 Å². The first-order chi connectivity index (χ1) is 13.4. The molecule has 0 spiro atoms. The summed E-state index contributed by atoms with van der Waals surface area (Å²) in [6, 6.07) is 22.8. The summed E-state index contributed by atoms with van der Waals surface area (Å²) in [5, 5.41) is 2.15. The first-order valence-corrected chi connectivity index (χ1v) is 9.72. The predicted molar refractivity (Wildman–Crippen MR) is 115 cm³/mol. The Labute approximate surface area is 165 Å². The zero-order chi connectivity index (χ0) is 19.5.